The minimum Gasteiger partial charge on any atom is -0.272 e. The first kappa shape index (κ1) is 12.8. The lowest BCUT2D eigenvalue weighted by atomic mass is 10.1. The summed E-state index contributed by atoms with van der Waals surface area (Å²) in [7, 11) is 0. The van der Waals surface area contributed by atoms with E-state index in [1.54, 1.807) is 13.8 Å². The SMILES string of the molecule is CC1(C)C(=O)N(CC[n+]2ccccc2)C(=O)N1Cl. The maximum Gasteiger partial charge on any atom is 0.342 e. The van der Waals surface area contributed by atoms with E-state index >= 15 is 0 Å². The number of hydrogen-bond donors (Lipinski definition) is 0. The summed E-state index contributed by atoms with van der Waals surface area (Å²) >= 11 is 5.84. The van der Waals surface area contributed by atoms with Crippen molar-refractivity contribution in [3.63, 3.8) is 0 Å². The Bertz CT molecular complexity index is 475. The fourth-order valence-corrected chi connectivity index (χ4v) is 2.01. The summed E-state index contributed by atoms with van der Waals surface area (Å²) < 4.78 is 2.87. The van der Waals surface area contributed by atoms with Crippen molar-refractivity contribution in [1.82, 2.24) is 9.32 Å². The predicted molar refractivity (Wildman–Crippen MR) is 65.5 cm³/mol. The maximum atomic E-state index is 12.0. The molecule has 0 bridgehead atoms. The predicted octanol–water partition coefficient (Wildman–Crippen LogP) is 1.17. The van der Waals surface area contributed by atoms with E-state index in [2.05, 4.69) is 0 Å². The molecule has 1 aromatic rings. The van der Waals surface area contributed by atoms with Crippen LogP contribution in [-0.4, -0.2) is 33.3 Å². The first-order chi connectivity index (χ1) is 8.44. The summed E-state index contributed by atoms with van der Waals surface area (Å²) in [6.45, 7) is 4.14. The highest BCUT2D eigenvalue weighted by Crippen LogP contribution is 2.28. The number of aromatic nitrogens is 1. The zero-order valence-electron chi connectivity index (χ0n) is 10.3. The summed E-state index contributed by atoms with van der Waals surface area (Å²) in [5, 5.41) is 0. The van der Waals surface area contributed by atoms with Gasteiger partial charge in [-0.1, -0.05) is 6.07 Å². The molecule has 1 aliphatic rings. The van der Waals surface area contributed by atoms with Crippen molar-refractivity contribution in [3.8, 4) is 0 Å². The summed E-state index contributed by atoms with van der Waals surface area (Å²) in [5.74, 6) is -0.265. The van der Waals surface area contributed by atoms with Crippen molar-refractivity contribution >= 4 is 23.7 Å². The Kier molecular flexibility index (Phi) is 3.26. The van der Waals surface area contributed by atoms with Gasteiger partial charge in [-0.05, 0) is 13.8 Å². The highest BCUT2D eigenvalue weighted by Gasteiger charge is 2.51. The van der Waals surface area contributed by atoms with E-state index in [1.807, 2.05) is 35.2 Å². The fourth-order valence-electron chi connectivity index (χ4n) is 1.84. The highest BCUT2D eigenvalue weighted by atomic mass is 35.5. The molecule has 2 rings (SSSR count). The van der Waals surface area contributed by atoms with Crippen LogP contribution in [0.3, 0.4) is 0 Å². The number of urea groups is 1. The molecule has 0 aliphatic carbocycles. The van der Waals surface area contributed by atoms with Gasteiger partial charge in [0.2, 0.25) is 0 Å². The molecule has 1 aromatic heterocycles. The van der Waals surface area contributed by atoms with E-state index in [1.165, 1.54) is 4.90 Å². The molecular weight excluding hydrogens is 254 g/mol. The van der Waals surface area contributed by atoms with Gasteiger partial charge in [0.1, 0.15) is 5.54 Å². The van der Waals surface area contributed by atoms with Crippen LogP contribution in [0.5, 0.6) is 0 Å². The van der Waals surface area contributed by atoms with Gasteiger partial charge in [-0.25, -0.2) is 13.8 Å². The van der Waals surface area contributed by atoms with Crippen molar-refractivity contribution in [2.45, 2.75) is 25.9 Å². The summed E-state index contributed by atoms with van der Waals surface area (Å²) in [5.41, 5.74) is -0.972. The molecule has 0 atom stereocenters. The van der Waals surface area contributed by atoms with Crippen LogP contribution < -0.4 is 4.57 Å². The lowest BCUT2D eigenvalue weighted by molar-refractivity contribution is -0.695. The Morgan fingerprint density at radius 2 is 1.83 bits per heavy atom. The molecule has 3 amide bonds. The van der Waals surface area contributed by atoms with Gasteiger partial charge >= 0.3 is 6.03 Å². The van der Waals surface area contributed by atoms with Gasteiger partial charge in [-0.3, -0.25) is 9.69 Å². The zero-order valence-corrected chi connectivity index (χ0v) is 11.1. The van der Waals surface area contributed by atoms with E-state index < -0.39 is 11.6 Å². The molecule has 0 aromatic carbocycles. The van der Waals surface area contributed by atoms with E-state index in [4.69, 9.17) is 11.8 Å². The third-order valence-electron chi connectivity index (χ3n) is 3.02. The number of imide groups is 1. The molecule has 2 heterocycles. The standard InChI is InChI=1S/C12H15ClN3O2/c1-12(2)10(17)15(11(18)16(12)13)9-8-14-6-4-3-5-7-14/h3-7H,8-9H2,1-2H3/q+1. The van der Waals surface area contributed by atoms with Gasteiger partial charge in [-0.15, -0.1) is 0 Å². The largest absolute Gasteiger partial charge is 0.342 e. The number of pyridine rings is 1. The molecule has 1 saturated heterocycles. The number of carbonyl (C=O) groups is 2. The number of halogens is 1. The van der Waals surface area contributed by atoms with Crippen LogP contribution in [0.15, 0.2) is 30.6 Å². The molecule has 0 spiro atoms. The lowest BCUT2D eigenvalue weighted by Gasteiger charge is -2.19. The topological polar surface area (TPSA) is 44.5 Å². The highest BCUT2D eigenvalue weighted by molar-refractivity contribution is 6.27. The number of carbonyl (C=O) groups excluding carboxylic acids is 2. The zero-order chi connectivity index (χ0) is 13.3. The molecule has 0 N–H and O–H groups in total. The van der Waals surface area contributed by atoms with Crippen LogP contribution in [-0.2, 0) is 11.3 Å². The molecule has 0 unspecified atom stereocenters. The second kappa shape index (κ2) is 4.57. The molecule has 5 nitrogen and oxygen atoms in total. The quantitative estimate of drug-likeness (QED) is 0.469. The summed E-state index contributed by atoms with van der Waals surface area (Å²) in [6.07, 6.45) is 3.77. The molecule has 0 saturated carbocycles. The molecule has 1 aliphatic heterocycles. The van der Waals surface area contributed by atoms with Crippen molar-refractivity contribution < 1.29 is 14.2 Å². The number of amides is 3. The fraction of sp³-hybridized carbons (Fsp3) is 0.417. The average molecular weight is 269 g/mol. The first-order valence-electron chi connectivity index (χ1n) is 5.70. The third kappa shape index (κ3) is 2.06. The Morgan fingerprint density at radius 3 is 2.33 bits per heavy atom. The normalized spacial score (nSPS) is 18.6. The maximum absolute atomic E-state index is 12.0. The molecule has 96 valence electrons. The summed E-state index contributed by atoms with van der Waals surface area (Å²) in [6, 6.07) is 5.24. The van der Waals surface area contributed by atoms with Crippen molar-refractivity contribution in [1.29, 1.82) is 0 Å². The molecule has 6 heteroatoms. The minimum absolute atomic E-state index is 0.265. The second-order valence-electron chi connectivity index (χ2n) is 4.69. The van der Waals surface area contributed by atoms with Crippen LogP contribution in [0.4, 0.5) is 4.79 Å². The molecular formula is C12H15ClN3O2+. The van der Waals surface area contributed by atoms with Gasteiger partial charge in [0.25, 0.3) is 5.91 Å². The van der Waals surface area contributed by atoms with E-state index in [9.17, 15) is 9.59 Å². The Morgan fingerprint density at radius 1 is 1.22 bits per heavy atom. The van der Waals surface area contributed by atoms with Gasteiger partial charge in [0.05, 0.1) is 6.54 Å². The summed E-state index contributed by atoms with van der Waals surface area (Å²) in [4.78, 5) is 25.1. The van der Waals surface area contributed by atoms with Gasteiger partial charge in [-0.2, -0.15) is 0 Å². The Labute approximate surface area is 111 Å². The average Bonchev–Trinajstić information content (AvgIpc) is 2.51. The molecule has 0 radical (unpaired) electrons. The van der Waals surface area contributed by atoms with Crippen LogP contribution >= 0.6 is 11.8 Å². The molecule has 1 fully saturated rings. The van der Waals surface area contributed by atoms with Crippen molar-refractivity contribution in [3.05, 3.63) is 30.6 Å². The minimum atomic E-state index is -0.972. The Hall–Kier alpha value is -1.62. The van der Waals surface area contributed by atoms with Crippen LogP contribution in [0, 0.1) is 0 Å². The van der Waals surface area contributed by atoms with Gasteiger partial charge < -0.3 is 0 Å². The van der Waals surface area contributed by atoms with Crippen molar-refractivity contribution in [2.75, 3.05) is 6.54 Å². The van der Waals surface area contributed by atoms with Crippen LogP contribution in [0.25, 0.3) is 0 Å². The lowest BCUT2D eigenvalue weighted by Crippen LogP contribution is -2.43. The number of hydrogen-bond acceptors (Lipinski definition) is 2. The second-order valence-corrected chi connectivity index (χ2v) is 5.03. The van der Waals surface area contributed by atoms with E-state index in [0.717, 1.165) is 4.42 Å². The monoisotopic (exact) mass is 268 g/mol. The van der Waals surface area contributed by atoms with Crippen LogP contribution in [0.1, 0.15) is 13.8 Å². The van der Waals surface area contributed by atoms with Gasteiger partial charge in [0, 0.05) is 23.9 Å². The number of nitrogens with zero attached hydrogens (tertiary/aromatic N) is 3. The van der Waals surface area contributed by atoms with Crippen LogP contribution in [0.2, 0.25) is 0 Å². The smallest absolute Gasteiger partial charge is 0.272 e. The van der Waals surface area contributed by atoms with E-state index in [-0.39, 0.29) is 5.91 Å². The molecule has 18 heavy (non-hydrogen) atoms. The first-order valence-corrected chi connectivity index (χ1v) is 6.04. The van der Waals surface area contributed by atoms with E-state index in [0.29, 0.717) is 13.1 Å². The van der Waals surface area contributed by atoms with Crippen molar-refractivity contribution in [2.24, 2.45) is 0 Å². The Balaban J connectivity index is 2.07. The number of rotatable bonds is 3. The third-order valence-corrected chi connectivity index (χ3v) is 3.58. The van der Waals surface area contributed by atoms with Gasteiger partial charge in [0.15, 0.2) is 18.9 Å².